The average Bonchev–Trinajstić information content (AvgIpc) is 3.44. The summed E-state index contributed by atoms with van der Waals surface area (Å²) in [6.45, 7) is 6.25. The van der Waals surface area contributed by atoms with Crippen molar-refractivity contribution in [2.24, 2.45) is 0 Å². The van der Waals surface area contributed by atoms with Gasteiger partial charge in [0.2, 0.25) is 12.7 Å². The summed E-state index contributed by atoms with van der Waals surface area (Å²) in [5, 5.41) is 3.85. The van der Waals surface area contributed by atoms with E-state index in [0.717, 1.165) is 33.2 Å². The van der Waals surface area contributed by atoms with Crippen molar-refractivity contribution in [3.63, 3.8) is 0 Å². The van der Waals surface area contributed by atoms with Gasteiger partial charge >= 0.3 is 0 Å². The minimum absolute atomic E-state index is 0.187. The molecular formula is C28H25NO5. The minimum atomic E-state index is -0.250. The number of nitrogens with one attached hydrogen (secondary N) is 1. The first kappa shape index (κ1) is 21.6. The van der Waals surface area contributed by atoms with Crippen LogP contribution in [-0.2, 0) is 4.79 Å². The number of hydrogen-bond acceptors (Lipinski definition) is 5. The van der Waals surface area contributed by atoms with E-state index >= 15 is 0 Å². The highest BCUT2D eigenvalue weighted by molar-refractivity contribution is 6.05. The summed E-state index contributed by atoms with van der Waals surface area (Å²) in [5.41, 5.74) is 7.46. The SMILES string of the molecule is COc1cc2occ(-c3ccc(C)cc3C)c2cc1/C(C)=C/C(=O)Nc1ccc2c(c1)OCO2. The predicted molar refractivity (Wildman–Crippen MR) is 133 cm³/mol. The quantitative estimate of drug-likeness (QED) is 0.348. The molecule has 0 saturated heterocycles. The zero-order valence-electron chi connectivity index (χ0n) is 19.5. The summed E-state index contributed by atoms with van der Waals surface area (Å²) in [6, 6.07) is 15.6. The Bertz CT molecular complexity index is 1450. The Hall–Kier alpha value is -4.19. The van der Waals surface area contributed by atoms with Crippen LogP contribution in [0.5, 0.6) is 17.2 Å². The molecule has 1 amide bonds. The highest BCUT2D eigenvalue weighted by atomic mass is 16.7. The lowest BCUT2D eigenvalue weighted by atomic mass is 9.96. The number of carbonyl (C=O) groups excluding carboxylic acids is 1. The monoisotopic (exact) mass is 455 g/mol. The molecular weight excluding hydrogens is 430 g/mol. The molecule has 4 aromatic rings. The van der Waals surface area contributed by atoms with Gasteiger partial charge in [0.1, 0.15) is 11.3 Å². The number of carbonyl (C=O) groups is 1. The predicted octanol–water partition coefficient (Wildman–Crippen LogP) is 6.50. The van der Waals surface area contributed by atoms with Gasteiger partial charge in [-0.25, -0.2) is 0 Å². The van der Waals surface area contributed by atoms with Crippen LogP contribution in [-0.4, -0.2) is 19.8 Å². The number of ether oxygens (including phenoxy) is 3. The molecule has 1 aromatic heterocycles. The van der Waals surface area contributed by atoms with E-state index in [1.165, 1.54) is 11.1 Å². The zero-order valence-corrected chi connectivity index (χ0v) is 19.5. The molecule has 0 radical (unpaired) electrons. The largest absolute Gasteiger partial charge is 0.496 e. The fourth-order valence-corrected chi connectivity index (χ4v) is 4.28. The molecule has 6 heteroatoms. The van der Waals surface area contributed by atoms with Gasteiger partial charge < -0.3 is 23.9 Å². The van der Waals surface area contributed by atoms with Crippen LogP contribution in [0.4, 0.5) is 5.69 Å². The van der Waals surface area contributed by atoms with Crippen molar-refractivity contribution >= 4 is 28.1 Å². The highest BCUT2D eigenvalue weighted by Gasteiger charge is 2.17. The number of aryl methyl sites for hydroxylation is 2. The fourth-order valence-electron chi connectivity index (χ4n) is 4.28. The highest BCUT2D eigenvalue weighted by Crippen LogP contribution is 2.39. The molecule has 172 valence electrons. The smallest absolute Gasteiger partial charge is 0.248 e. The van der Waals surface area contributed by atoms with Gasteiger partial charge in [0.05, 0.1) is 13.4 Å². The average molecular weight is 456 g/mol. The number of hydrogen-bond donors (Lipinski definition) is 1. The number of allylic oxidation sites excluding steroid dienone is 1. The first-order valence-electron chi connectivity index (χ1n) is 11.0. The number of anilines is 1. The molecule has 3 aromatic carbocycles. The van der Waals surface area contributed by atoms with Crippen molar-refractivity contribution in [1.29, 1.82) is 0 Å². The standard InChI is InChI=1S/C28H25NO5/c1-16-5-7-20(17(2)9-16)23-14-32-26-13-25(31-4)21(12-22(23)26)18(3)10-28(30)29-19-6-8-24-27(11-19)34-15-33-24/h5-14H,15H2,1-4H3,(H,29,30)/b18-10+. The third kappa shape index (κ3) is 3.99. The first-order chi connectivity index (χ1) is 16.4. The molecule has 1 N–H and O–H groups in total. The second-order valence-corrected chi connectivity index (χ2v) is 8.40. The van der Waals surface area contributed by atoms with Gasteiger partial charge in [-0.15, -0.1) is 0 Å². The summed E-state index contributed by atoms with van der Waals surface area (Å²) in [4.78, 5) is 12.8. The van der Waals surface area contributed by atoms with Crippen molar-refractivity contribution in [2.45, 2.75) is 20.8 Å². The van der Waals surface area contributed by atoms with Gasteiger partial charge in [0.15, 0.2) is 11.5 Å². The maximum absolute atomic E-state index is 12.8. The first-order valence-corrected chi connectivity index (χ1v) is 11.0. The minimum Gasteiger partial charge on any atom is -0.496 e. The molecule has 0 unspecified atom stereocenters. The Kier molecular flexibility index (Phi) is 5.49. The van der Waals surface area contributed by atoms with Crippen LogP contribution in [0, 0.1) is 13.8 Å². The summed E-state index contributed by atoms with van der Waals surface area (Å²) in [5.74, 6) is 1.67. The van der Waals surface area contributed by atoms with Gasteiger partial charge in [-0.1, -0.05) is 23.8 Å². The van der Waals surface area contributed by atoms with Crippen molar-refractivity contribution in [3.8, 4) is 28.4 Å². The molecule has 1 aliphatic heterocycles. The maximum Gasteiger partial charge on any atom is 0.248 e. The molecule has 1 aliphatic rings. The summed E-state index contributed by atoms with van der Waals surface area (Å²) < 4.78 is 22.2. The van der Waals surface area contributed by atoms with E-state index in [1.54, 1.807) is 37.6 Å². The molecule has 0 bridgehead atoms. The van der Waals surface area contributed by atoms with Crippen LogP contribution in [0.1, 0.15) is 23.6 Å². The molecule has 2 heterocycles. The number of fused-ring (bicyclic) bond motifs is 2. The molecule has 0 atom stereocenters. The van der Waals surface area contributed by atoms with Crippen molar-refractivity contribution in [2.75, 3.05) is 19.2 Å². The van der Waals surface area contributed by atoms with Gasteiger partial charge in [-0.3, -0.25) is 4.79 Å². The van der Waals surface area contributed by atoms with E-state index in [1.807, 2.05) is 19.1 Å². The van der Waals surface area contributed by atoms with Gasteiger partial charge in [-0.05, 0) is 55.7 Å². The third-order valence-electron chi connectivity index (χ3n) is 5.98. The molecule has 0 aliphatic carbocycles. The normalized spacial score (nSPS) is 12.8. The molecule has 34 heavy (non-hydrogen) atoms. The van der Waals surface area contributed by atoms with Gasteiger partial charge in [0, 0.05) is 40.4 Å². The molecule has 0 fully saturated rings. The van der Waals surface area contributed by atoms with Crippen LogP contribution in [0.3, 0.4) is 0 Å². The van der Waals surface area contributed by atoms with Crippen molar-refractivity contribution in [3.05, 3.63) is 77.6 Å². The lowest BCUT2D eigenvalue weighted by Gasteiger charge is -2.11. The van der Waals surface area contributed by atoms with E-state index in [9.17, 15) is 4.79 Å². The van der Waals surface area contributed by atoms with E-state index in [2.05, 4.69) is 37.4 Å². The topological polar surface area (TPSA) is 69.9 Å². The van der Waals surface area contributed by atoms with Crippen molar-refractivity contribution in [1.82, 2.24) is 0 Å². The van der Waals surface area contributed by atoms with Crippen LogP contribution in [0.2, 0.25) is 0 Å². The Morgan fingerprint density at radius 3 is 2.62 bits per heavy atom. The Morgan fingerprint density at radius 1 is 1.00 bits per heavy atom. The Balaban J connectivity index is 1.49. The lowest BCUT2D eigenvalue weighted by Crippen LogP contribution is -2.08. The second kappa shape index (κ2) is 8.63. The molecule has 0 spiro atoms. The van der Waals surface area contributed by atoms with E-state index < -0.39 is 0 Å². The number of methoxy groups -OCH3 is 1. The van der Waals surface area contributed by atoms with E-state index in [0.29, 0.717) is 22.9 Å². The molecule has 5 rings (SSSR count). The van der Waals surface area contributed by atoms with Gasteiger partial charge in [0.25, 0.3) is 0 Å². The third-order valence-corrected chi connectivity index (χ3v) is 5.98. The molecule has 6 nitrogen and oxygen atoms in total. The number of benzene rings is 3. The Labute approximate surface area is 197 Å². The fraction of sp³-hybridized carbons (Fsp3) is 0.179. The van der Waals surface area contributed by atoms with Crippen LogP contribution in [0.25, 0.3) is 27.7 Å². The van der Waals surface area contributed by atoms with Crippen molar-refractivity contribution < 1.29 is 23.4 Å². The van der Waals surface area contributed by atoms with Gasteiger partial charge in [-0.2, -0.15) is 0 Å². The summed E-state index contributed by atoms with van der Waals surface area (Å²) in [7, 11) is 1.61. The number of rotatable bonds is 5. The maximum atomic E-state index is 12.8. The van der Waals surface area contributed by atoms with Crippen LogP contribution in [0.15, 0.2) is 65.3 Å². The lowest BCUT2D eigenvalue weighted by molar-refractivity contribution is -0.111. The summed E-state index contributed by atoms with van der Waals surface area (Å²) in [6.07, 6.45) is 3.34. The second-order valence-electron chi connectivity index (χ2n) is 8.40. The Morgan fingerprint density at radius 2 is 1.82 bits per heavy atom. The van der Waals surface area contributed by atoms with Crippen LogP contribution < -0.4 is 19.5 Å². The summed E-state index contributed by atoms with van der Waals surface area (Å²) >= 11 is 0. The number of amides is 1. The number of furan rings is 1. The van der Waals surface area contributed by atoms with E-state index in [-0.39, 0.29) is 12.7 Å². The zero-order chi connectivity index (χ0) is 23.8. The van der Waals surface area contributed by atoms with E-state index in [4.69, 9.17) is 18.6 Å². The van der Waals surface area contributed by atoms with Crippen LogP contribution >= 0.6 is 0 Å². The molecule has 0 saturated carbocycles.